The Balaban J connectivity index is 2.15. The van der Waals surface area contributed by atoms with Crippen LogP contribution in [0.4, 0.5) is 11.4 Å². The minimum atomic E-state index is -3.20. The van der Waals surface area contributed by atoms with Crippen molar-refractivity contribution in [2.24, 2.45) is 5.41 Å². The van der Waals surface area contributed by atoms with Gasteiger partial charge in [-0.2, -0.15) is 0 Å². The molecule has 0 heterocycles. The number of hydrogen-bond acceptors (Lipinski definition) is 4. The van der Waals surface area contributed by atoms with Crippen LogP contribution < -0.4 is 11.1 Å². The standard InChI is InChI=1S/C14H22N2O2S/c1-14(2)7-6-10(9-14)16-13-5-4-11(8-12(13)15)19(3,17)18/h4-5,8,10,16H,6-7,9,15H2,1-3H3. The number of nitrogen functional groups attached to an aromatic ring is 1. The molecule has 0 radical (unpaired) electrons. The van der Waals surface area contributed by atoms with Crippen LogP contribution in [0.5, 0.6) is 0 Å². The van der Waals surface area contributed by atoms with Crippen molar-refractivity contribution in [1.82, 2.24) is 0 Å². The predicted octanol–water partition coefficient (Wildman–Crippen LogP) is 2.66. The molecule has 0 aromatic heterocycles. The van der Waals surface area contributed by atoms with Crippen molar-refractivity contribution in [3.63, 3.8) is 0 Å². The summed E-state index contributed by atoms with van der Waals surface area (Å²) < 4.78 is 22.9. The highest BCUT2D eigenvalue weighted by atomic mass is 32.2. The SMILES string of the molecule is CC1(C)CCC(Nc2ccc(S(C)(=O)=O)cc2N)C1. The molecule has 4 nitrogen and oxygen atoms in total. The molecule has 1 atom stereocenters. The van der Waals surface area contributed by atoms with E-state index in [0.717, 1.165) is 18.5 Å². The number of nitrogens with one attached hydrogen (secondary N) is 1. The van der Waals surface area contributed by atoms with Gasteiger partial charge in [-0.15, -0.1) is 0 Å². The van der Waals surface area contributed by atoms with Gasteiger partial charge in [-0.3, -0.25) is 0 Å². The second-order valence-electron chi connectivity index (χ2n) is 6.27. The summed E-state index contributed by atoms with van der Waals surface area (Å²) in [7, 11) is -3.20. The van der Waals surface area contributed by atoms with Crippen LogP contribution in [0.25, 0.3) is 0 Å². The largest absolute Gasteiger partial charge is 0.397 e. The Kier molecular flexibility index (Phi) is 3.51. The van der Waals surface area contributed by atoms with E-state index in [2.05, 4.69) is 19.2 Å². The first-order valence-electron chi connectivity index (χ1n) is 6.53. The average Bonchev–Trinajstić information content (AvgIpc) is 2.59. The van der Waals surface area contributed by atoms with Crippen LogP contribution in [0.1, 0.15) is 33.1 Å². The van der Waals surface area contributed by atoms with Crippen molar-refractivity contribution in [3.8, 4) is 0 Å². The summed E-state index contributed by atoms with van der Waals surface area (Å²) >= 11 is 0. The summed E-state index contributed by atoms with van der Waals surface area (Å²) in [6.07, 6.45) is 4.63. The number of hydrogen-bond donors (Lipinski definition) is 2. The van der Waals surface area contributed by atoms with Crippen molar-refractivity contribution in [2.45, 2.75) is 44.0 Å². The maximum Gasteiger partial charge on any atom is 0.175 e. The van der Waals surface area contributed by atoms with Gasteiger partial charge in [-0.25, -0.2) is 8.42 Å². The lowest BCUT2D eigenvalue weighted by molar-refractivity contribution is 0.378. The number of benzene rings is 1. The van der Waals surface area contributed by atoms with Crippen LogP contribution in [0.15, 0.2) is 23.1 Å². The van der Waals surface area contributed by atoms with E-state index in [1.807, 2.05) is 0 Å². The first-order chi connectivity index (χ1) is 8.67. The van der Waals surface area contributed by atoms with Crippen molar-refractivity contribution >= 4 is 21.2 Å². The molecule has 1 fully saturated rings. The van der Waals surface area contributed by atoms with Crippen LogP contribution >= 0.6 is 0 Å². The van der Waals surface area contributed by atoms with E-state index in [-0.39, 0.29) is 4.90 Å². The molecule has 3 N–H and O–H groups in total. The van der Waals surface area contributed by atoms with Gasteiger partial charge in [0.2, 0.25) is 0 Å². The number of nitrogens with two attached hydrogens (primary N) is 1. The van der Waals surface area contributed by atoms with Crippen LogP contribution in [0, 0.1) is 5.41 Å². The van der Waals surface area contributed by atoms with Crippen LogP contribution in [0.2, 0.25) is 0 Å². The third-order valence-corrected chi connectivity index (χ3v) is 4.89. The summed E-state index contributed by atoms with van der Waals surface area (Å²) in [5, 5.41) is 3.42. The van der Waals surface area contributed by atoms with Crippen LogP contribution in [-0.2, 0) is 9.84 Å². The molecule has 5 heteroatoms. The Bertz CT molecular complexity index is 579. The van der Waals surface area contributed by atoms with E-state index in [1.165, 1.54) is 18.7 Å². The maximum absolute atomic E-state index is 11.5. The fraction of sp³-hybridized carbons (Fsp3) is 0.571. The lowest BCUT2D eigenvalue weighted by Gasteiger charge is -2.19. The molecule has 0 spiro atoms. The zero-order valence-corrected chi connectivity index (χ0v) is 12.5. The Labute approximate surface area is 115 Å². The fourth-order valence-electron chi connectivity index (χ4n) is 2.68. The topological polar surface area (TPSA) is 72.2 Å². The molecule has 0 amide bonds. The summed E-state index contributed by atoms with van der Waals surface area (Å²) in [6.45, 7) is 4.54. The second-order valence-corrected chi connectivity index (χ2v) is 8.29. The number of rotatable bonds is 3. The third kappa shape index (κ3) is 3.41. The Morgan fingerprint density at radius 3 is 2.53 bits per heavy atom. The minimum Gasteiger partial charge on any atom is -0.397 e. The van der Waals surface area contributed by atoms with Gasteiger partial charge < -0.3 is 11.1 Å². The van der Waals surface area contributed by atoms with Crippen LogP contribution in [-0.4, -0.2) is 20.7 Å². The first-order valence-corrected chi connectivity index (χ1v) is 8.43. The van der Waals surface area contributed by atoms with Gasteiger partial charge in [-0.1, -0.05) is 13.8 Å². The highest BCUT2D eigenvalue weighted by molar-refractivity contribution is 7.90. The van der Waals surface area contributed by atoms with Crippen LogP contribution in [0.3, 0.4) is 0 Å². The highest BCUT2D eigenvalue weighted by Gasteiger charge is 2.30. The molecule has 1 aromatic rings. The summed E-state index contributed by atoms with van der Waals surface area (Å²) in [5.74, 6) is 0. The molecule has 0 aliphatic heterocycles. The van der Waals surface area contributed by atoms with Gasteiger partial charge >= 0.3 is 0 Å². The second kappa shape index (κ2) is 4.71. The van der Waals surface area contributed by atoms with Gasteiger partial charge in [0.25, 0.3) is 0 Å². The van der Waals surface area contributed by atoms with Crippen molar-refractivity contribution in [3.05, 3.63) is 18.2 Å². The molecule has 0 bridgehead atoms. The maximum atomic E-state index is 11.5. The third-order valence-electron chi connectivity index (χ3n) is 3.78. The van der Waals surface area contributed by atoms with E-state index in [4.69, 9.17) is 5.73 Å². The fourth-order valence-corrected chi connectivity index (χ4v) is 3.34. The predicted molar refractivity (Wildman–Crippen MR) is 79.0 cm³/mol. The van der Waals surface area contributed by atoms with Gasteiger partial charge in [0.15, 0.2) is 9.84 Å². The molecule has 1 aromatic carbocycles. The van der Waals surface area contributed by atoms with E-state index in [0.29, 0.717) is 17.1 Å². The molecule has 1 aliphatic rings. The highest BCUT2D eigenvalue weighted by Crippen LogP contribution is 2.39. The molecule has 19 heavy (non-hydrogen) atoms. The summed E-state index contributed by atoms with van der Waals surface area (Å²) in [5.41, 5.74) is 7.63. The summed E-state index contributed by atoms with van der Waals surface area (Å²) in [6, 6.07) is 5.31. The van der Waals surface area contributed by atoms with Crippen molar-refractivity contribution in [2.75, 3.05) is 17.3 Å². The van der Waals surface area contributed by atoms with Gasteiger partial charge in [0.1, 0.15) is 0 Å². The molecule has 1 unspecified atom stereocenters. The molecule has 2 rings (SSSR count). The molecular weight excluding hydrogens is 260 g/mol. The van der Waals surface area contributed by atoms with E-state index >= 15 is 0 Å². The van der Waals surface area contributed by atoms with Gasteiger partial charge in [0.05, 0.1) is 16.3 Å². The molecule has 1 aliphatic carbocycles. The van der Waals surface area contributed by atoms with Crippen molar-refractivity contribution in [1.29, 1.82) is 0 Å². The number of anilines is 2. The quantitative estimate of drug-likeness (QED) is 0.836. The number of sulfone groups is 1. The molecule has 106 valence electrons. The Hall–Kier alpha value is -1.23. The smallest absolute Gasteiger partial charge is 0.175 e. The normalized spacial score (nSPS) is 22.4. The lowest BCUT2D eigenvalue weighted by atomic mass is 9.92. The monoisotopic (exact) mass is 282 g/mol. The molecular formula is C14H22N2O2S. The zero-order valence-electron chi connectivity index (χ0n) is 11.7. The molecule has 1 saturated carbocycles. The average molecular weight is 282 g/mol. The molecule has 0 saturated heterocycles. The first kappa shape index (κ1) is 14.2. The van der Waals surface area contributed by atoms with Crippen molar-refractivity contribution < 1.29 is 8.42 Å². The van der Waals surface area contributed by atoms with Gasteiger partial charge in [0, 0.05) is 12.3 Å². The van der Waals surface area contributed by atoms with E-state index < -0.39 is 9.84 Å². The van der Waals surface area contributed by atoms with Gasteiger partial charge in [-0.05, 0) is 42.9 Å². The Morgan fingerprint density at radius 2 is 2.05 bits per heavy atom. The Morgan fingerprint density at radius 1 is 1.37 bits per heavy atom. The lowest BCUT2D eigenvalue weighted by Crippen LogP contribution is -2.18. The van der Waals surface area contributed by atoms with E-state index in [9.17, 15) is 8.42 Å². The minimum absolute atomic E-state index is 0.266. The zero-order chi connectivity index (χ0) is 14.3. The summed E-state index contributed by atoms with van der Waals surface area (Å²) in [4.78, 5) is 0.266. The van der Waals surface area contributed by atoms with E-state index in [1.54, 1.807) is 12.1 Å².